The smallest absolute Gasteiger partial charge is 0.266 e. The van der Waals surface area contributed by atoms with Gasteiger partial charge in [0, 0.05) is 23.2 Å². The monoisotopic (exact) mass is 393 g/mol. The summed E-state index contributed by atoms with van der Waals surface area (Å²) in [5, 5.41) is 1.69. The van der Waals surface area contributed by atoms with E-state index >= 15 is 0 Å². The minimum absolute atomic E-state index is 0.118. The van der Waals surface area contributed by atoms with Crippen molar-refractivity contribution < 1.29 is 4.74 Å². The zero-order valence-electron chi connectivity index (χ0n) is 16.4. The van der Waals surface area contributed by atoms with Gasteiger partial charge in [-0.1, -0.05) is 36.4 Å². The normalized spacial score (nSPS) is 11.5. The van der Waals surface area contributed by atoms with E-state index < -0.39 is 0 Å². The lowest BCUT2D eigenvalue weighted by Crippen LogP contribution is -2.22. The zero-order valence-corrected chi connectivity index (χ0v) is 16.4. The molecule has 30 heavy (non-hydrogen) atoms. The SMILES string of the molecule is COc1cccc(-n2c(/C=C/c3c[nH]c4ccccc34)nc3ccccc3c2=O)c1. The van der Waals surface area contributed by atoms with Crippen LogP contribution < -0.4 is 10.3 Å². The molecule has 0 fully saturated rings. The van der Waals surface area contributed by atoms with Crippen molar-refractivity contribution in [2.75, 3.05) is 7.11 Å². The van der Waals surface area contributed by atoms with E-state index in [9.17, 15) is 4.79 Å². The van der Waals surface area contributed by atoms with Crippen molar-refractivity contribution in [2.45, 2.75) is 0 Å². The second kappa shape index (κ2) is 7.37. The van der Waals surface area contributed by atoms with Gasteiger partial charge in [0.05, 0.1) is 23.7 Å². The van der Waals surface area contributed by atoms with Gasteiger partial charge in [-0.2, -0.15) is 0 Å². The summed E-state index contributed by atoms with van der Waals surface area (Å²) in [7, 11) is 1.61. The molecule has 3 aromatic carbocycles. The van der Waals surface area contributed by atoms with Gasteiger partial charge in [-0.05, 0) is 48.0 Å². The van der Waals surface area contributed by atoms with E-state index in [0.29, 0.717) is 28.2 Å². The van der Waals surface area contributed by atoms with Gasteiger partial charge < -0.3 is 9.72 Å². The van der Waals surface area contributed by atoms with Crippen LogP contribution in [0.3, 0.4) is 0 Å². The minimum atomic E-state index is -0.118. The number of fused-ring (bicyclic) bond motifs is 2. The van der Waals surface area contributed by atoms with E-state index in [4.69, 9.17) is 9.72 Å². The number of hydrogen-bond donors (Lipinski definition) is 1. The Hall–Kier alpha value is -4.12. The molecule has 2 aromatic heterocycles. The molecule has 0 unspecified atom stereocenters. The Bertz CT molecular complexity index is 1460. The van der Waals surface area contributed by atoms with Gasteiger partial charge >= 0.3 is 0 Å². The van der Waals surface area contributed by atoms with Gasteiger partial charge in [0.1, 0.15) is 11.6 Å². The third-order valence-electron chi connectivity index (χ3n) is 5.15. The van der Waals surface area contributed by atoms with Crippen molar-refractivity contribution in [3.05, 3.63) is 101 Å². The number of aromatic nitrogens is 3. The number of nitrogens with zero attached hydrogens (tertiary/aromatic N) is 2. The maximum absolute atomic E-state index is 13.4. The molecule has 5 heteroatoms. The highest BCUT2D eigenvalue weighted by Gasteiger charge is 2.12. The van der Waals surface area contributed by atoms with E-state index in [0.717, 1.165) is 16.5 Å². The van der Waals surface area contributed by atoms with Crippen molar-refractivity contribution in [1.29, 1.82) is 0 Å². The predicted molar refractivity (Wildman–Crippen MR) is 121 cm³/mol. The predicted octanol–water partition coefficient (Wildman–Crippen LogP) is 5.05. The number of nitrogens with one attached hydrogen (secondary N) is 1. The molecule has 5 rings (SSSR count). The van der Waals surface area contributed by atoms with Crippen LogP contribution in [0.4, 0.5) is 0 Å². The Labute approximate surface area is 172 Å². The fraction of sp³-hybridized carbons (Fsp3) is 0.0400. The molecule has 0 aliphatic heterocycles. The molecule has 1 N–H and O–H groups in total. The number of aromatic amines is 1. The van der Waals surface area contributed by atoms with E-state index in [1.165, 1.54) is 0 Å². The van der Waals surface area contributed by atoms with Gasteiger partial charge in [0.2, 0.25) is 0 Å². The molecule has 0 spiro atoms. The fourth-order valence-electron chi connectivity index (χ4n) is 3.66. The van der Waals surface area contributed by atoms with Crippen molar-refractivity contribution in [3.8, 4) is 11.4 Å². The Morgan fingerprint density at radius 2 is 1.73 bits per heavy atom. The first-order valence-corrected chi connectivity index (χ1v) is 9.65. The summed E-state index contributed by atoms with van der Waals surface area (Å²) in [5.41, 5.74) is 3.35. The van der Waals surface area contributed by atoms with Crippen molar-refractivity contribution >= 4 is 34.0 Å². The van der Waals surface area contributed by atoms with Crippen molar-refractivity contribution in [2.24, 2.45) is 0 Å². The maximum Gasteiger partial charge on any atom is 0.266 e. The van der Waals surface area contributed by atoms with Gasteiger partial charge in [-0.25, -0.2) is 4.98 Å². The summed E-state index contributed by atoms with van der Waals surface area (Å²) in [6.07, 6.45) is 5.81. The molecule has 0 bridgehead atoms. The van der Waals surface area contributed by atoms with Crippen LogP contribution in [0.1, 0.15) is 11.4 Å². The molecule has 0 aliphatic rings. The molecule has 0 aliphatic carbocycles. The van der Waals surface area contributed by atoms with E-state index in [-0.39, 0.29) is 5.56 Å². The molecular formula is C25H19N3O2. The third-order valence-corrected chi connectivity index (χ3v) is 5.15. The summed E-state index contributed by atoms with van der Waals surface area (Å²) in [6.45, 7) is 0. The van der Waals surface area contributed by atoms with E-state index in [1.807, 2.05) is 79.0 Å². The fourth-order valence-corrected chi connectivity index (χ4v) is 3.66. The highest BCUT2D eigenvalue weighted by molar-refractivity contribution is 5.91. The van der Waals surface area contributed by atoms with Crippen LogP contribution in [0.2, 0.25) is 0 Å². The molecule has 5 nitrogen and oxygen atoms in total. The van der Waals surface area contributed by atoms with Gasteiger partial charge in [0.25, 0.3) is 5.56 Å². The van der Waals surface area contributed by atoms with E-state index in [1.54, 1.807) is 17.7 Å². The molecule has 0 saturated heterocycles. The number of para-hydroxylation sites is 2. The summed E-state index contributed by atoms with van der Waals surface area (Å²) >= 11 is 0. The second-order valence-corrected chi connectivity index (χ2v) is 6.95. The molecule has 0 radical (unpaired) electrons. The number of methoxy groups -OCH3 is 1. The number of ether oxygens (including phenoxy) is 1. The van der Waals surface area contributed by atoms with Crippen LogP contribution in [0.25, 0.3) is 39.6 Å². The molecule has 0 saturated carbocycles. The average Bonchev–Trinajstić information content (AvgIpc) is 3.21. The molecular weight excluding hydrogens is 374 g/mol. The second-order valence-electron chi connectivity index (χ2n) is 6.95. The highest BCUT2D eigenvalue weighted by Crippen LogP contribution is 2.22. The minimum Gasteiger partial charge on any atom is -0.497 e. The topological polar surface area (TPSA) is 59.9 Å². The van der Waals surface area contributed by atoms with Crippen LogP contribution in [-0.4, -0.2) is 21.6 Å². The van der Waals surface area contributed by atoms with Crippen molar-refractivity contribution in [1.82, 2.24) is 14.5 Å². The highest BCUT2D eigenvalue weighted by atomic mass is 16.5. The molecule has 0 amide bonds. The first-order chi connectivity index (χ1) is 14.7. The van der Waals surface area contributed by atoms with Crippen LogP contribution in [0.15, 0.2) is 83.8 Å². The number of benzene rings is 3. The van der Waals surface area contributed by atoms with Crippen molar-refractivity contribution in [3.63, 3.8) is 0 Å². The number of H-pyrrole nitrogens is 1. The standard InChI is InChI=1S/C25H19N3O2/c1-30-19-8-6-7-18(15-19)28-24(27-23-12-5-3-10-21(23)25(28)29)14-13-17-16-26-22-11-4-2-9-20(17)22/h2-16,26H,1H3/b14-13+. The maximum atomic E-state index is 13.4. The summed E-state index contributed by atoms with van der Waals surface area (Å²) in [5.74, 6) is 1.23. The zero-order chi connectivity index (χ0) is 20.5. The van der Waals surface area contributed by atoms with Crippen LogP contribution in [0, 0.1) is 0 Å². The van der Waals surface area contributed by atoms with E-state index in [2.05, 4.69) is 11.1 Å². The van der Waals surface area contributed by atoms with Crippen LogP contribution >= 0.6 is 0 Å². The molecule has 2 heterocycles. The Morgan fingerprint density at radius 1 is 0.933 bits per heavy atom. The largest absolute Gasteiger partial charge is 0.497 e. The third kappa shape index (κ3) is 3.06. The van der Waals surface area contributed by atoms with Crippen LogP contribution in [0.5, 0.6) is 5.75 Å². The Balaban J connectivity index is 1.73. The molecule has 5 aromatic rings. The molecule has 146 valence electrons. The van der Waals surface area contributed by atoms with Gasteiger partial charge in [0.15, 0.2) is 0 Å². The quantitative estimate of drug-likeness (QED) is 0.465. The first-order valence-electron chi connectivity index (χ1n) is 9.65. The first kappa shape index (κ1) is 17.9. The number of rotatable bonds is 4. The summed E-state index contributed by atoms with van der Waals surface area (Å²) < 4.78 is 6.97. The summed E-state index contributed by atoms with van der Waals surface area (Å²) in [6, 6.07) is 22.9. The number of hydrogen-bond acceptors (Lipinski definition) is 3. The summed E-state index contributed by atoms with van der Waals surface area (Å²) in [4.78, 5) is 21.4. The van der Waals surface area contributed by atoms with Crippen LogP contribution in [-0.2, 0) is 0 Å². The Morgan fingerprint density at radius 3 is 2.60 bits per heavy atom. The Kier molecular flexibility index (Phi) is 4.41. The van der Waals surface area contributed by atoms with Gasteiger partial charge in [-0.3, -0.25) is 9.36 Å². The lowest BCUT2D eigenvalue weighted by Gasteiger charge is -2.12. The van der Waals surface area contributed by atoms with Gasteiger partial charge in [-0.15, -0.1) is 0 Å². The lowest BCUT2D eigenvalue weighted by atomic mass is 10.1. The lowest BCUT2D eigenvalue weighted by molar-refractivity contribution is 0.414. The molecule has 0 atom stereocenters. The average molecular weight is 393 g/mol.